The highest BCUT2D eigenvalue weighted by Gasteiger charge is 2.18. The Kier molecular flexibility index (Phi) is 2.50. The Hall–Kier alpha value is -0.240. The molecule has 1 aliphatic heterocycles. The van der Waals surface area contributed by atoms with Crippen LogP contribution in [0.3, 0.4) is 0 Å². The molecular weight excluding hydrogens is 205 g/mol. The molecule has 3 heteroatoms. The normalized spacial score (nSPS) is 21.3. The largest absolute Gasteiger partial charge is 0.310 e. The van der Waals surface area contributed by atoms with Crippen LogP contribution in [0.15, 0.2) is 12.1 Å². The van der Waals surface area contributed by atoms with E-state index < -0.39 is 0 Å². The van der Waals surface area contributed by atoms with E-state index in [1.807, 2.05) is 12.1 Å². The minimum atomic E-state index is 0.341. The van der Waals surface area contributed by atoms with Gasteiger partial charge in [0.1, 0.15) is 0 Å². The second-order valence-corrected chi connectivity index (χ2v) is 4.23. The maximum Gasteiger partial charge on any atom is 0.0471 e. The molecule has 1 aliphatic rings. The highest BCUT2D eigenvalue weighted by molar-refractivity contribution is 6.35. The maximum absolute atomic E-state index is 6.12. The summed E-state index contributed by atoms with van der Waals surface area (Å²) in [6.45, 7) is 3.13. The van der Waals surface area contributed by atoms with Crippen LogP contribution in [0, 0.1) is 0 Å². The lowest BCUT2D eigenvalue weighted by molar-refractivity contribution is 0.541. The molecule has 0 bridgehead atoms. The molecule has 1 aromatic rings. The lowest BCUT2D eigenvalue weighted by Crippen LogP contribution is -2.28. The van der Waals surface area contributed by atoms with Gasteiger partial charge in [-0.25, -0.2) is 0 Å². The molecule has 1 heterocycles. The first-order valence-electron chi connectivity index (χ1n) is 4.39. The average Bonchev–Trinajstić information content (AvgIpc) is 2.02. The topological polar surface area (TPSA) is 12.0 Å². The van der Waals surface area contributed by atoms with Crippen molar-refractivity contribution in [3.05, 3.63) is 33.3 Å². The van der Waals surface area contributed by atoms with Crippen molar-refractivity contribution in [1.82, 2.24) is 5.32 Å². The Morgan fingerprint density at radius 3 is 2.92 bits per heavy atom. The fraction of sp³-hybridized carbons (Fsp3) is 0.400. The molecule has 13 heavy (non-hydrogen) atoms. The van der Waals surface area contributed by atoms with Crippen LogP contribution in [0.5, 0.6) is 0 Å². The van der Waals surface area contributed by atoms with Crippen molar-refractivity contribution in [2.75, 3.05) is 6.54 Å². The predicted molar refractivity (Wildman–Crippen MR) is 56.6 cm³/mol. The van der Waals surface area contributed by atoms with E-state index in [4.69, 9.17) is 23.2 Å². The number of hydrogen-bond acceptors (Lipinski definition) is 1. The van der Waals surface area contributed by atoms with Crippen molar-refractivity contribution in [1.29, 1.82) is 0 Å². The van der Waals surface area contributed by atoms with Gasteiger partial charge in [0.2, 0.25) is 0 Å². The fourth-order valence-corrected chi connectivity index (χ4v) is 2.55. The molecule has 2 rings (SSSR count). The minimum Gasteiger partial charge on any atom is -0.310 e. The molecule has 0 saturated carbocycles. The first-order valence-corrected chi connectivity index (χ1v) is 5.15. The molecule has 70 valence electrons. The Morgan fingerprint density at radius 1 is 1.38 bits per heavy atom. The fourth-order valence-electron chi connectivity index (χ4n) is 1.86. The summed E-state index contributed by atoms with van der Waals surface area (Å²) < 4.78 is 0. The van der Waals surface area contributed by atoms with Crippen LogP contribution in [-0.2, 0) is 6.42 Å². The third kappa shape index (κ3) is 1.69. The average molecular weight is 216 g/mol. The van der Waals surface area contributed by atoms with Crippen LogP contribution in [0.1, 0.15) is 24.1 Å². The van der Waals surface area contributed by atoms with Gasteiger partial charge in [-0.05, 0) is 43.1 Å². The van der Waals surface area contributed by atoms with Crippen molar-refractivity contribution < 1.29 is 0 Å². The quantitative estimate of drug-likeness (QED) is 0.702. The summed E-state index contributed by atoms with van der Waals surface area (Å²) in [7, 11) is 0. The highest BCUT2D eigenvalue weighted by Crippen LogP contribution is 2.32. The molecule has 0 aromatic heterocycles. The summed E-state index contributed by atoms with van der Waals surface area (Å²) in [6, 6.07) is 4.17. The third-order valence-electron chi connectivity index (χ3n) is 2.46. The lowest BCUT2D eigenvalue weighted by atomic mass is 9.95. The van der Waals surface area contributed by atoms with Gasteiger partial charge < -0.3 is 5.32 Å². The number of hydrogen-bond donors (Lipinski definition) is 1. The zero-order valence-electron chi connectivity index (χ0n) is 7.40. The van der Waals surface area contributed by atoms with E-state index in [-0.39, 0.29) is 0 Å². The Balaban J connectivity index is 2.56. The molecule has 0 amide bonds. The molecule has 0 fully saturated rings. The van der Waals surface area contributed by atoms with E-state index in [2.05, 4.69) is 12.2 Å². The van der Waals surface area contributed by atoms with E-state index in [0.29, 0.717) is 6.04 Å². The van der Waals surface area contributed by atoms with Crippen molar-refractivity contribution in [2.24, 2.45) is 0 Å². The van der Waals surface area contributed by atoms with Crippen LogP contribution >= 0.6 is 23.2 Å². The summed E-state index contributed by atoms with van der Waals surface area (Å²) in [5, 5.41) is 4.88. The molecule has 0 spiro atoms. The van der Waals surface area contributed by atoms with E-state index in [0.717, 1.165) is 23.0 Å². The molecule has 1 N–H and O–H groups in total. The standard InChI is InChI=1S/C10H11Cl2N/c1-6-10-7(2-3-13-6)4-8(11)5-9(10)12/h4-6,13H,2-3H2,1H3/t6-/m1/s1. The van der Waals surface area contributed by atoms with E-state index in [1.165, 1.54) is 11.1 Å². The molecule has 0 unspecified atom stereocenters. The Morgan fingerprint density at radius 2 is 2.15 bits per heavy atom. The van der Waals surface area contributed by atoms with Crippen LogP contribution < -0.4 is 5.32 Å². The van der Waals surface area contributed by atoms with Crippen LogP contribution in [0.25, 0.3) is 0 Å². The van der Waals surface area contributed by atoms with Crippen LogP contribution in [0.4, 0.5) is 0 Å². The highest BCUT2D eigenvalue weighted by atomic mass is 35.5. The van der Waals surface area contributed by atoms with Gasteiger partial charge >= 0.3 is 0 Å². The van der Waals surface area contributed by atoms with Crippen LogP contribution in [-0.4, -0.2) is 6.54 Å². The summed E-state index contributed by atoms with van der Waals surface area (Å²) in [6.07, 6.45) is 1.01. The first-order chi connectivity index (χ1) is 6.18. The van der Waals surface area contributed by atoms with Crippen molar-refractivity contribution in [2.45, 2.75) is 19.4 Å². The number of nitrogens with one attached hydrogen (secondary N) is 1. The molecule has 0 radical (unpaired) electrons. The van der Waals surface area contributed by atoms with E-state index in [1.54, 1.807) is 0 Å². The van der Waals surface area contributed by atoms with Gasteiger partial charge in [0.15, 0.2) is 0 Å². The Labute approximate surface area is 88.0 Å². The van der Waals surface area contributed by atoms with Crippen molar-refractivity contribution >= 4 is 23.2 Å². The number of rotatable bonds is 0. The SMILES string of the molecule is C[C@H]1NCCc2cc(Cl)cc(Cl)c21. The second kappa shape index (κ2) is 3.49. The van der Waals surface area contributed by atoms with E-state index >= 15 is 0 Å². The van der Waals surface area contributed by atoms with Gasteiger partial charge in [-0.3, -0.25) is 0 Å². The Bertz CT molecular complexity index is 336. The zero-order valence-corrected chi connectivity index (χ0v) is 8.91. The summed E-state index contributed by atoms with van der Waals surface area (Å²) >= 11 is 12.0. The molecule has 1 aromatic carbocycles. The molecule has 1 atom stereocenters. The van der Waals surface area contributed by atoms with Gasteiger partial charge in [0.25, 0.3) is 0 Å². The smallest absolute Gasteiger partial charge is 0.0471 e. The van der Waals surface area contributed by atoms with Crippen molar-refractivity contribution in [3.63, 3.8) is 0 Å². The van der Waals surface area contributed by atoms with Gasteiger partial charge in [-0.2, -0.15) is 0 Å². The summed E-state index contributed by atoms with van der Waals surface area (Å²) in [4.78, 5) is 0. The summed E-state index contributed by atoms with van der Waals surface area (Å²) in [5.41, 5.74) is 2.49. The van der Waals surface area contributed by atoms with Gasteiger partial charge in [0.05, 0.1) is 0 Å². The second-order valence-electron chi connectivity index (χ2n) is 3.39. The number of benzene rings is 1. The monoisotopic (exact) mass is 215 g/mol. The zero-order chi connectivity index (χ0) is 9.42. The lowest BCUT2D eigenvalue weighted by Gasteiger charge is -2.25. The predicted octanol–water partition coefficient (Wildman–Crippen LogP) is 3.20. The van der Waals surface area contributed by atoms with Gasteiger partial charge in [0, 0.05) is 16.1 Å². The van der Waals surface area contributed by atoms with E-state index in [9.17, 15) is 0 Å². The molecule has 0 aliphatic carbocycles. The molecular formula is C10H11Cl2N. The summed E-state index contributed by atoms with van der Waals surface area (Å²) in [5.74, 6) is 0. The molecule has 1 nitrogen and oxygen atoms in total. The first kappa shape index (κ1) is 9.32. The number of fused-ring (bicyclic) bond motifs is 1. The number of halogens is 2. The minimum absolute atomic E-state index is 0.341. The van der Waals surface area contributed by atoms with Gasteiger partial charge in [-0.1, -0.05) is 23.2 Å². The third-order valence-corrected chi connectivity index (χ3v) is 2.99. The molecule has 0 saturated heterocycles. The maximum atomic E-state index is 6.12. The van der Waals surface area contributed by atoms with Crippen LogP contribution in [0.2, 0.25) is 10.0 Å². The van der Waals surface area contributed by atoms with Crippen molar-refractivity contribution in [3.8, 4) is 0 Å². The van der Waals surface area contributed by atoms with Gasteiger partial charge in [-0.15, -0.1) is 0 Å².